The SMILES string of the molecule is Cc1ccc(C)c(C(=O)N(Cc2ccccn2)c2nc3c(C)c(Cl)ccc3s2)c1. The van der Waals surface area contributed by atoms with Gasteiger partial charge in [-0.1, -0.05) is 46.7 Å². The van der Waals surface area contributed by atoms with Crippen LogP contribution in [0.4, 0.5) is 5.13 Å². The maximum Gasteiger partial charge on any atom is 0.260 e. The number of carbonyl (C=O) groups excluding carboxylic acids is 1. The molecule has 0 spiro atoms. The second kappa shape index (κ2) is 7.93. The lowest BCUT2D eigenvalue weighted by atomic mass is 10.0. The van der Waals surface area contributed by atoms with Crippen molar-refractivity contribution in [2.75, 3.05) is 4.90 Å². The summed E-state index contributed by atoms with van der Waals surface area (Å²) in [6.07, 6.45) is 1.73. The van der Waals surface area contributed by atoms with E-state index in [1.807, 2.05) is 69.3 Å². The summed E-state index contributed by atoms with van der Waals surface area (Å²) < 4.78 is 1.00. The number of benzene rings is 2. The zero-order valence-electron chi connectivity index (χ0n) is 16.4. The molecule has 4 nitrogen and oxygen atoms in total. The second-order valence-electron chi connectivity index (χ2n) is 7.05. The van der Waals surface area contributed by atoms with E-state index in [9.17, 15) is 4.79 Å². The van der Waals surface area contributed by atoms with Crippen molar-refractivity contribution in [1.82, 2.24) is 9.97 Å². The van der Waals surface area contributed by atoms with Gasteiger partial charge in [-0.25, -0.2) is 4.98 Å². The van der Waals surface area contributed by atoms with Gasteiger partial charge in [0.05, 0.1) is 22.5 Å². The van der Waals surface area contributed by atoms with Crippen LogP contribution in [0.15, 0.2) is 54.7 Å². The van der Waals surface area contributed by atoms with Crippen molar-refractivity contribution < 1.29 is 4.79 Å². The monoisotopic (exact) mass is 421 g/mol. The van der Waals surface area contributed by atoms with Gasteiger partial charge in [0.1, 0.15) is 0 Å². The smallest absolute Gasteiger partial charge is 0.260 e. The van der Waals surface area contributed by atoms with Gasteiger partial charge in [-0.2, -0.15) is 0 Å². The lowest BCUT2D eigenvalue weighted by Gasteiger charge is -2.21. The van der Waals surface area contributed by atoms with Crippen LogP contribution in [0.25, 0.3) is 10.2 Å². The van der Waals surface area contributed by atoms with E-state index in [0.29, 0.717) is 22.3 Å². The normalized spacial score (nSPS) is 11.0. The van der Waals surface area contributed by atoms with Crippen LogP contribution < -0.4 is 4.90 Å². The van der Waals surface area contributed by atoms with Gasteiger partial charge in [0.15, 0.2) is 5.13 Å². The number of hydrogen-bond donors (Lipinski definition) is 0. The highest BCUT2D eigenvalue weighted by Crippen LogP contribution is 2.35. The van der Waals surface area contributed by atoms with Crippen LogP contribution in [0.2, 0.25) is 5.02 Å². The third-order valence-electron chi connectivity index (χ3n) is 4.88. The van der Waals surface area contributed by atoms with E-state index in [2.05, 4.69) is 4.98 Å². The highest BCUT2D eigenvalue weighted by atomic mass is 35.5. The zero-order valence-corrected chi connectivity index (χ0v) is 18.0. The minimum atomic E-state index is -0.0836. The van der Waals surface area contributed by atoms with Gasteiger partial charge in [-0.15, -0.1) is 0 Å². The van der Waals surface area contributed by atoms with Crippen LogP contribution in [-0.2, 0) is 6.54 Å². The largest absolute Gasteiger partial charge is 0.278 e. The third-order valence-corrected chi connectivity index (χ3v) is 6.34. The predicted molar refractivity (Wildman–Crippen MR) is 120 cm³/mol. The molecule has 6 heteroatoms. The van der Waals surface area contributed by atoms with Crippen molar-refractivity contribution in [1.29, 1.82) is 0 Å². The molecule has 2 heterocycles. The van der Waals surface area contributed by atoms with Gasteiger partial charge in [-0.05, 0) is 62.2 Å². The number of hydrogen-bond acceptors (Lipinski definition) is 4. The van der Waals surface area contributed by atoms with Gasteiger partial charge in [-0.3, -0.25) is 14.7 Å². The number of aromatic nitrogens is 2. The fraction of sp³-hybridized carbons (Fsp3) is 0.174. The molecule has 0 fully saturated rings. The molecule has 0 N–H and O–H groups in total. The Balaban J connectivity index is 1.83. The van der Waals surface area contributed by atoms with Gasteiger partial charge >= 0.3 is 0 Å². The van der Waals surface area contributed by atoms with Crippen molar-refractivity contribution in [2.24, 2.45) is 0 Å². The Labute approximate surface area is 178 Å². The molecule has 0 saturated carbocycles. The van der Waals surface area contributed by atoms with Crippen molar-refractivity contribution >= 4 is 44.2 Å². The lowest BCUT2D eigenvalue weighted by molar-refractivity contribution is 0.0984. The number of amides is 1. The van der Waals surface area contributed by atoms with E-state index in [1.165, 1.54) is 11.3 Å². The number of fused-ring (bicyclic) bond motifs is 1. The van der Waals surface area contributed by atoms with Crippen LogP contribution in [-0.4, -0.2) is 15.9 Å². The summed E-state index contributed by atoms with van der Waals surface area (Å²) >= 11 is 7.77. The molecule has 0 radical (unpaired) electrons. The Morgan fingerprint density at radius 1 is 1.10 bits per heavy atom. The minimum absolute atomic E-state index is 0.0836. The molecule has 1 amide bonds. The summed E-state index contributed by atoms with van der Waals surface area (Å²) in [6.45, 7) is 6.24. The van der Waals surface area contributed by atoms with Crippen LogP contribution in [0.1, 0.15) is 32.7 Å². The molecular weight excluding hydrogens is 402 g/mol. The van der Waals surface area contributed by atoms with Crippen LogP contribution in [0.5, 0.6) is 0 Å². The average Bonchev–Trinajstić information content (AvgIpc) is 3.16. The Morgan fingerprint density at radius 2 is 1.93 bits per heavy atom. The molecule has 0 bridgehead atoms. The van der Waals surface area contributed by atoms with E-state index in [4.69, 9.17) is 16.6 Å². The number of thiazole rings is 1. The number of halogens is 1. The molecule has 4 rings (SSSR count). The number of carbonyl (C=O) groups is 1. The molecule has 0 saturated heterocycles. The van der Waals surface area contributed by atoms with E-state index in [0.717, 1.165) is 32.6 Å². The molecule has 2 aromatic heterocycles. The van der Waals surface area contributed by atoms with Crippen LogP contribution in [0.3, 0.4) is 0 Å². The number of anilines is 1. The van der Waals surface area contributed by atoms with Crippen LogP contribution >= 0.6 is 22.9 Å². The second-order valence-corrected chi connectivity index (χ2v) is 8.46. The fourth-order valence-corrected chi connectivity index (χ4v) is 4.37. The summed E-state index contributed by atoms with van der Waals surface area (Å²) in [5.41, 5.74) is 5.21. The molecule has 29 heavy (non-hydrogen) atoms. The molecule has 0 aliphatic heterocycles. The van der Waals surface area contributed by atoms with Gasteiger partial charge < -0.3 is 0 Å². The van der Waals surface area contributed by atoms with E-state index in [-0.39, 0.29) is 5.91 Å². The fourth-order valence-electron chi connectivity index (χ4n) is 3.20. The molecule has 0 aliphatic carbocycles. The summed E-state index contributed by atoms with van der Waals surface area (Å²) in [5.74, 6) is -0.0836. The zero-order chi connectivity index (χ0) is 20.5. The number of rotatable bonds is 4. The molecular formula is C23H20ClN3OS. The first-order valence-corrected chi connectivity index (χ1v) is 10.5. The van der Waals surface area contributed by atoms with Crippen molar-refractivity contribution in [3.05, 3.63) is 87.7 Å². The predicted octanol–water partition coefficient (Wildman–Crippen LogP) is 6.12. The number of nitrogens with zero attached hydrogens (tertiary/aromatic N) is 3. The van der Waals surface area contributed by atoms with E-state index >= 15 is 0 Å². The van der Waals surface area contributed by atoms with E-state index < -0.39 is 0 Å². The summed E-state index contributed by atoms with van der Waals surface area (Å²) in [4.78, 5) is 24.5. The maximum atomic E-state index is 13.6. The first-order chi connectivity index (χ1) is 13.9. The first-order valence-electron chi connectivity index (χ1n) is 9.28. The Bertz CT molecular complexity index is 1200. The Hall–Kier alpha value is -2.76. The molecule has 0 atom stereocenters. The highest BCUT2D eigenvalue weighted by Gasteiger charge is 2.24. The van der Waals surface area contributed by atoms with Gasteiger partial charge in [0.2, 0.25) is 0 Å². The molecule has 4 aromatic rings. The average molecular weight is 422 g/mol. The number of pyridine rings is 1. The summed E-state index contributed by atoms with van der Waals surface area (Å²) in [5, 5.41) is 1.31. The topological polar surface area (TPSA) is 46.1 Å². The molecule has 0 aliphatic rings. The van der Waals surface area contributed by atoms with Gasteiger partial charge in [0.25, 0.3) is 5.91 Å². The quantitative estimate of drug-likeness (QED) is 0.399. The highest BCUT2D eigenvalue weighted by molar-refractivity contribution is 7.22. The van der Waals surface area contributed by atoms with Gasteiger partial charge in [0, 0.05) is 16.8 Å². The summed E-state index contributed by atoms with van der Waals surface area (Å²) in [6, 6.07) is 15.4. The standard InChI is InChI=1S/C23H20ClN3OS/c1-14-7-8-15(2)18(12-14)22(28)27(13-17-6-4-5-11-25-17)23-26-21-16(3)19(24)9-10-20(21)29-23/h4-12H,13H2,1-3H3. The maximum absolute atomic E-state index is 13.6. The summed E-state index contributed by atoms with van der Waals surface area (Å²) in [7, 11) is 0. The van der Waals surface area contributed by atoms with Crippen molar-refractivity contribution in [3.63, 3.8) is 0 Å². The van der Waals surface area contributed by atoms with Crippen molar-refractivity contribution in [2.45, 2.75) is 27.3 Å². The number of aryl methyl sites for hydroxylation is 3. The third kappa shape index (κ3) is 3.88. The molecule has 2 aromatic carbocycles. The van der Waals surface area contributed by atoms with Crippen LogP contribution in [0, 0.1) is 20.8 Å². The Morgan fingerprint density at radius 3 is 2.69 bits per heavy atom. The molecule has 146 valence electrons. The molecule has 0 unspecified atom stereocenters. The minimum Gasteiger partial charge on any atom is -0.278 e. The van der Waals surface area contributed by atoms with Crippen molar-refractivity contribution in [3.8, 4) is 0 Å². The Kier molecular flexibility index (Phi) is 5.35. The van der Waals surface area contributed by atoms with E-state index in [1.54, 1.807) is 11.1 Å². The lowest BCUT2D eigenvalue weighted by Crippen LogP contribution is -2.31. The first kappa shape index (κ1) is 19.6.